The molecule has 1 fully saturated rings. The average Bonchev–Trinajstić information content (AvgIpc) is 2.88. The summed E-state index contributed by atoms with van der Waals surface area (Å²) in [7, 11) is 2.18. The maximum atomic E-state index is 8.36. The first-order valence-electron chi connectivity index (χ1n) is 8.19. The van der Waals surface area contributed by atoms with Gasteiger partial charge in [-0.25, -0.2) is 4.99 Å². The zero-order chi connectivity index (χ0) is 17.8. The van der Waals surface area contributed by atoms with Crippen LogP contribution in [0.3, 0.4) is 0 Å². The van der Waals surface area contributed by atoms with Gasteiger partial charge in [0.2, 0.25) is 0 Å². The number of hydrogen-bond acceptors (Lipinski definition) is 6. The number of hydrogen-bond donors (Lipinski definition) is 2. The number of benzene rings is 1. The monoisotopic (exact) mass is 358 g/mol. The molecule has 1 aromatic heterocycles. The Hall–Kier alpha value is -2.38. The van der Waals surface area contributed by atoms with Crippen LogP contribution < -0.4 is 5.32 Å². The lowest BCUT2D eigenvalue weighted by Gasteiger charge is -2.34. The molecule has 0 radical (unpaired) electrons. The van der Waals surface area contributed by atoms with Gasteiger partial charge in [-0.3, -0.25) is 4.79 Å². The van der Waals surface area contributed by atoms with Gasteiger partial charge in [0.05, 0.1) is 16.9 Å². The average molecular weight is 358 g/mol. The third-order valence-corrected chi connectivity index (χ3v) is 5.24. The number of amidine groups is 1. The first-order chi connectivity index (χ1) is 12.1. The molecule has 0 saturated carbocycles. The summed E-state index contributed by atoms with van der Waals surface area (Å²) in [5.41, 5.74) is 3.36. The van der Waals surface area contributed by atoms with Gasteiger partial charge in [0.25, 0.3) is 6.47 Å². The van der Waals surface area contributed by atoms with Gasteiger partial charge < -0.3 is 20.2 Å². The highest BCUT2D eigenvalue weighted by Crippen LogP contribution is 2.39. The molecule has 0 amide bonds. The fraction of sp³-hybridized carbons (Fsp3) is 0.333. The molecular formula is C18H22N4O2S. The summed E-state index contributed by atoms with van der Waals surface area (Å²) in [5.74, 6) is 1.12. The number of carboxylic acid groups (broad SMARTS) is 1. The Balaban J connectivity index is 0.000000569. The van der Waals surface area contributed by atoms with E-state index in [9.17, 15) is 0 Å². The molecule has 2 aromatic rings. The molecule has 0 aliphatic carbocycles. The molecule has 2 aliphatic heterocycles. The van der Waals surface area contributed by atoms with E-state index in [-0.39, 0.29) is 6.47 Å². The van der Waals surface area contributed by atoms with Crippen LogP contribution in [0, 0.1) is 6.92 Å². The van der Waals surface area contributed by atoms with Crippen molar-refractivity contribution < 1.29 is 9.90 Å². The standard InChI is InChI=1S/C17H20N4S.CH2O2/c1-12-11-13-16(21-9-7-20(2)8-10-21)18-14-5-3-4-6-15(14)19-17(13)22-12;2-1-3/h3-6,11,19H,7-10H2,1-2H3;1H,(H,2,3). The number of aryl methyl sites for hydroxylation is 1. The molecule has 0 bridgehead atoms. The van der Waals surface area contributed by atoms with Crippen LogP contribution in [0.1, 0.15) is 10.4 Å². The van der Waals surface area contributed by atoms with Crippen LogP contribution in [-0.4, -0.2) is 60.4 Å². The normalized spacial score (nSPS) is 16.4. The molecular weight excluding hydrogens is 336 g/mol. The number of anilines is 2. The van der Waals surface area contributed by atoms with Crippen LogP contribution in [0.5, 0.6) is 0 Å². The Labute approximate surface area is 151 Å². The minimum absolute atomic E-state index is 0.250. The number of nitrogens with zero attached hydrogens (tertiary/aromatic N) is 3. The molecule has 4 rings (SSSR count). The van der Waals surface area contributed by atoms with Gasteiger partial charge in [-0.05, 0) is 32.2 Å². The summed E-state index contributed by atoms with van der Waals surface area (Å²) in [6, 6.07) is 10.6. The van der Waals surface area contributed by atoms with Crippen molar-refractivity contribution >= 4 is 40.0 Å². The molecule has 0 atom stereocenters. The van der Waals surface area contributed by atoms with Crippen molar-refractivity contribution in [3.05, 3.63) is 40.8 Å². The molecule has 1 aromatic carbocycles. The van der Waals surface area contributed by atoms with Crippen molar-refractivity contribution in [2.75, 3.05) is 38.5 Å². The van der Waals surface area contributed by atoms with E-state index in [1.807, 2.05) is 0 Å². The Morgan fingerprint density at radius 2 is 1.92 bits per heavy atom. The molecule has 6 nitrogen and oxygen atoms in total. The number of carbonyl (C=O) groups is 1. The van der Waals surface area contributed by atoms with E-state index in [4.69, 9.17) is 14.9 Å². The largest absolute Gasteiger partial charge is 0.483 e. The van der Waals surface area contributed by atoms with Crippen LogP contribution in [0.25, 0.3) is 0 Å². The minimum atomic E-state index is -0.250. The lowest BCUT2D eigenvalue weighted by Crippen LogP contribution is -2.47. The van der Waals surface area contributed by atoms with E-state index in [0.29, 0.717) is 0 Å². The Bertz CT molecular complexity index is 779. The number of para-hydroxylation sites is 2. The van der Waals surface area contributed by atoms with E-state index in [0.717, 1.165) is 43.4 Å². The van der Waals surface area contributed by atoms with Crippen molar-refractivity contribution in [3.8, 4) is 0 Å². The van der Waals surface area contributed by atoms with Gasteiger partial charge in [-0.1, -0.05) is 12.1 Å². The lowest BCUT2D eigenvalue weighted by atomic mass is 10.2. The number of aliphatic imine (C=N–C) groups is 1. The molecule has 2 aliphatic rings. The number of fused-ring (bicyclic) bond motifs is 2. The Morgan fingerprint density at radius 3 is 2.64 bits per heavy atom. The van der Waals surface area contributed by atoms with E-state index in [2.05, 4.69) is 59.4 Å². The second-order valence-corrected chi connectivity index (χ2v) is 7.33. The Morgan fingerprint density at radius 1 is 1.24 bits per heavy atom. The lowest BCUT2D eigenvalue weighted by molar-refractivity contribution is -0.122. The number of rotatable bonds is 0. The summed E-state index contributed by atoms with van der Waals surface area (Å²) in [4.78, 5) is 19.5. The van der Waals surface area contributed by atoms with Crippen LogP contribution in [0.15, 0.2) is 35.3 Å². The van der Waals surface area contributed by atoms with E-state index in [1.165, 1.54) is 15.4 Å². The van der Waals surface area contributed by atoms with Gasteiger partial charge in [0.1, 0.15) is 10.8 Å². The van der Waals surface area contributed by atoms with Gasteiger partial charge in [0, 0.05) is 31.1 Å². The van der Waals surface area contributed by atoms with Crippen LogP contribution in [-0.2, 0) is 4.79 Å². The predicted molar refractivity (Wildman–Crippen MR) is 103 cm³/mol. The highest BCUT2D eigenvalue weighted by Gasteiger charge is 2.25. The van der Waals surface area contributed by atoms with E-state index < -0.39 is 0 Å². The van der Waals surface area contributed by atoms with Gasteiger partial charge in [0.15, 0.2) is 0 Å². The molecule has 0 unspecified atom stereocenters. The maximum Gasteiger partial charge on any atom is 0.290 e. The third-order valence-electron chi connectivity index (χ3n) is 4.28. The highest BCUT2D eigenvalue weighted by atomic mass is 32.1. The number of likely N-dealkylation sites (N-methyl/N-ethyl adjacent to an activating group) is 1. The van der Waals surface area contributed by atoms with Crippen molar-refractivity contribution in [3.63, 3.8) is 0 Å². The summed E-state index contributed by atoms with van der Waals surface area (Å²) in [6.07, 6.45) is 0. The van der Waals surface area contributed by atoms with Gasteiger partial charge in [-0.15, -0.1) is 11.3 Å². The fourth-order valence-electron chi connectivity index (χ4n) is 3.01. The second-order valence-electron chi connectivity index (χ2n) is 6.07. The topological polar surface area (TPSA) is 68.2 Å². The van der Waals surface area contributed by atoms with Crippen LogP contribution in [0.4, 0.5) is 16.4 Å². The first kappa shape index (κ1) is 17.4. The molecule has 132 valence electrons. The summed E-state index contributed by atoms with van der Waals surface area (Å²) >= 11 is 1.81. The smallest absolute Gasteiger partial charge is 0.290 e. The second kappa shape index (κ2) is 7.67. The SMILES string of the molecule is Cc1cc2c(s1)Nc1ccccc1N=C2N1CCN(C)CC1.O=CO. The molecule has 2 N–H and O–H groups in total. The molecule has 3 heterocycles. The van der Waals surface area contributed by atoms with Crippen LogP contribution in [0.2, 0.25) is 0 Å². The van der Waals surface area contributed by atoms with Crippen LogP contribution >= 0.6 is 11.3 Å². The quantitative estimate of drug-likeness (QED) is 0.708. The van der Waals surface area contributed by atoms with E-state index in [1.54, 1.807) is 11.3 Å². The van der Waals surface area contributed by atoms with E-state index >= 15 is 0 Å². The molecule has 0 spiro atoms. The first-order valence-corrected chi connectivity index (χ1v) is 9.01. The zero-order valence-electron chi connectivity index (χ0n) is 14.4. The van der Waals surface area contributed by atoms with Crippen molar-refractivity contribution in [1.82, 2.24) is 9.80 Å². The Kier molecular flexibility index (Phi) is 5.35. The number of nitrogens with one attached hydrogen (secondary N) is 1. The fourth-order valence-corrected chi connectivity index (χ4v) is 3.93. The highest BCUT2D eigenvalue weighted by molar-refractivity contribution is 7.16. The number of piperazine rings is 1. The zero-order valence-corrected chi connectivity index (χ0v) is 15.2. The van der Waals surface area contributed by atoms with Gasteiger partial charge >= 0.3 is 0 Å². The molecule has 1 saturated heterocycles. The summed E-state index contributed by atoms with van der Waals surface area (Å²) < 4.78 is 0. The summed E-state index contributed by atoms with van der Waals surface area (Å²) in [6.45, 7) is 6.16. The predicted octanol–water partition coefficient (Wildman–Crippen LogP) is 3.14. The van der Waals surface area contributed by atoms with Crippen molar-refractivity contribution in [2.24, 2.45) is 4.99 Å². The number of thiophene rings is 1. The van der Waals surface area contributed by atoms with Crippen molar-refractivity contribution in [1.29, 1.82) is 0 Å². The van der Waals surface area contributed by atoms with Gasteiger partial charge in [-0.2, -0.15) is 0 Å². The van der Waals surface area contributed by atoms with Crippen molar-refractivity contribution in [2.45, 2.75) is 6.92 Å². The molecule has 25 heavy (non-hydrogen) atoms. The molecule has 7 heteroatoms. The maximum absolute atomic E-state index is 8.36. The third kappa shape index (κ3) is 3.83. The minimum Gasteiger partial charge on any atom is -0.483 e. The summed E-state index contributed by atoms with van der Waals surface area (Å²) in [5, 5.41) is 11.7.